The third-order valence-corrected chi connectivity index (χ3v) is 5.54. The zero-order valence-electron chi connectivity index (χ0n) is 10.9. The summed E-state index contributed by atoms with van der Waals surface area (Å²) in [5.74, 6) is 0. The van der Waals surface area contributed by atoms with Gasteiger partial charge in [-0.15, -0.1) is 0 Å². The third-order valence-electron chi connectivity index (χ3n) is 3.11. The standard InChI is InChI=1S/C12H12ClN3O4S/c13-11-5-4-10(16(17)18)8-12(11)21(19,20)15(7-1-6-14)9-2-3-9/h4-5,8-9H,1-3,7H2. The Morgan fingerprint density at radius 1 is 1.48 bits per heavy atom. The van der Waals surface area contributed by atoms with E-state index in [1.54, 1.807) is 0 Å². The average molecular weight is 330 g/mol. The highest BCUT2D eigenvalue weighted by atomic mass is 35.5. The van der Waals surface area contributed by atoms with Gasteiger partial charge in [0.1, 0.15) is 4.90 Å². The van der Waals surface area contributed by atoms with Crippen LogP contribution in [0.2, 0.25) is 5.02 Å². The molecule has 1 aromatic rings. The SMILES string of the molecule is N#CCCN(C1CC1)S(=O)(=O)c1cc([N+](=O)[O-])ccc1Cl. The number of benzene rings is 1. The topological polar surface area (TPSA) is 104 Å². The Balaban J connectivity index is 2.44. The van der Waals surface area contributed by atoms with Crippen LogP contribution in [0.5, 0.6) is 0 Å². The fraction of sp³-hybridized carbons (Fsp3) is 0.417. The molecule has 21 heavy (non-hydrogen) atoms. The smallest absolute Gasteiger partial charge is 0.258 e. The highest BCUT2D eigenvalue weighted by Crippen LogP contribution is 2.35. The van der Waals surface area contributed by atoms with Gasteiger partial charge in [-0.2, -0.15) is 9.57 Å². The van der Waals surface area contributed by atoms with Crippen molar-refractivity contribution in [3.63, 3.8) is 0 Å². The van der Waals surface area contributed by atoms with Gasteiger partial charge in [0.25, 0.3) is 5.69 Å². The fourth-order valence-corrected chi connectivity index (χ4v) is 4.13. The van der Waals surface area contributed by atoms with E-state index in [1.165, 1.54) is 10.4 Å². The van der Waals surface area contributed by atoms with Crippen molar-refractivity contribution in [1.29, 1.82) is 5.26 Å². The lowest BCUT2D eigenvalue weighted by Crippen LogP contribution is -2.34. The van der Waals surface area contributed by atoms with Crippen molar-refractivity contribution in [2.24, 2.45) is 0 Å². The first-order valence-electron chi connectivity index (χ1n) is 6.20. The van der Waals surface area contributed by atoms with E-state index in [-0.39, 0.29) is 34.6 Å². The van der Waals surface area contributed by atoms with Gasteiger partial charge in [0.05, 0.1) is 16.0 Å². The molecular weight excluding hydrogens is 318 g/mol. The van der Waals surface area contributed by atoms with Crippen molar-refractivity contribution in [1.82, 2.24) is 4.31 Å². The Labute approximate surface area is 126 Å². The minimum absolute atomic E-state index is 0.0578. The number of rotatable bonds is 6. The van der Waals surface area contributed by atoms with Gasteiger partial charge in [-0.05, 0) is 18.9 Å². The summed E-state index contributed by atoms with van der Waals surface area (Å²) in [6.45, 7) is 0.0581. The number of nitrogens with zero attached hydrogens (tertiary/aromatic N) is 3. The highest BCUT2D eigenvalue weighted by Gasteiger charge is 2.39. The maximum absolute atomic E-state index is 12.6. The molecular formula is C12H12ClN3O4S. The minimum Gasteiger partial charge on any atom is -0.258 e. The lowest BCUT2D eigenvalue weighted by atomic mass is 10.3. The summed E-state index contributed by atoms with van der Waals surface area (Å²) >= 11 is 5.90. The van der Waals surface area contributed by atoms with Gasteiger partial charge in [-0.3, -0.25) is 10.1 Å². The van der Waals surface area contributed by atoms with Crippen molar-refractivity contribution >= 4 is 27.3 Å². The van der Waals surface area contributed by atoms with Crippen molar-refractivity contribution < 1.29 is 13.3 Å². The maximum atomic E-state index is 12.6. The predicted molar refractivity (Wildman–Crippen MR) is 75.3 cm³/mol. The first-order valence-corrected chi connectivity index (χ1v) is 8.02. The molecule has 1 aromatic carbocycles. The molecule has 0 aliphatic heterocycles. The van der Waals surface area contributed by atoms with Crippen LogP contribution in [0.15, 0.2) is 23.1 Å². The maximum Gasteiger partial charge on any atom is 0.270 e. The van der Waals surface area contributed by atoms with Crippen LogP contribution in [0, 0.1) is 21.4 Å². The second kappa shape index (κ2) is 5.97. The molecule has 0 spiro atoms. The summed E-state index contributed by atoms with van der Waals surface area (Å²) in [4.78, 5) is 9.83. The zero-order valence-corrected chi connectivity index (χ0v) is 12.5. The molecule has 0 unspecified atom stereocenters. The molecule has 9 heteroatoms. The summed E-state index contributed by atoms with van der Waals surface area (Å²) in [5.41, 5.74) is -0.339. The molecule has 0 bridgehead atoms. The molecule has 0 heterocycles. The Morgan fingerprint density at radius 3 is 2.67 bits per heavy atom. The number of non-ortho nitro benzene ring substituents is 1. The van der Waals surface area contributed by atoms with Crippen molar-refractivity contribution in [3.05, 3.63) is 33.3 Å². The van der Waals surface area contributed by atoms with Crippen molar-refractivity contribution in [2.75, 3.05) is 6.54 Å². The summed E-state index contributed by atoms with van der Waals surface area (Å²) in [7, 11) is -3.95. The molecule has 0 aromatic heterocycles. The predicted octanol–water partition coefficient (Wildman–Crippen LogP) is 2.31. The van der Waals surface area contributed by atoms with E-state index >= 15 is 0 Å². The summed E-state index contributed by atoms with van der Waals surface area (Å²) in [5, 5.41) is 19.4. The molecule has 0 saturated heterocycles. The number of nitriles is 1. The first-order chi connectivity index (χ1) is 9.87. The van der Waals surface area contributed by atoms with E-state index in [1.807, 2.05) is 6.07 Å². The van der Waals surface area contributed by atoms with Crippen LogP contribution in [-0.2, 0) is 10.0 Å². The number of nitro groups is 1. The van der Waals surface area contributed by atoms with Crippen LogP contribution in [0.4, 0.5) is 5.69 Å². The fourth-order valence-electron chi connectivity index (χ4n) is 1.95. The van der Waals surface area contributed by atoms with E-state index in [4.69, 9.17) is 16.9 Å². The van der Waals surface area contributed by atoms with Crippen LogP contribution < -0.4 is 0 Å². The Bertz CT molecular complexity index is 710. The van der Waals surface area contributed by atoms with Gasteiger partial charge in [0.15, 0.2) is 0 Å². The number of nitro benzene ring substituents is 1. The molecule has 0 radical (unpaired) electrons. The van der Waals surface area contributed by atoms with Gasteiger partial charge < -0.3 is 0 Å². The molecule has 7 nitrogen and oxygen atoms in total. The lowest BCUT2D eigenvalue weighted by Gasteiger charge is -2.21. The second-order valence-electron chi connectivity index (χ2n) is 4.63. The number of sulfonamides is 1. The van der Waals surface area contributed by atoms with Gasteiger partial charge in [-0.1, -0.05) is 11.6 Å². The van der Waals surface area contributed by atoms with Crippen LogP contribution in [0.3, 0.4) is 0 Å². The van der Waals surface area contributed by atoms with E-state index in [0.717, 1.165) is 25.0 Å². The van der Waals surface area contributed by atoms with Gasteiger partial charge >= 0.3 is 0 Å². The summed E-state index contributed by atoms with van der Waals surface area (Å²) in [6.07, 6.45) is 1.50. The van der Waals surface area contributed by atoms with E-state index < -0.39 is 14.9 Å². The number of halogens is 1. The monoisotopic (exact) mass is 329 g/mol. The van der Waals surface area contributed by atoms with Crippen molar-refractivity contribution in [3.8, 4) is 6.07 Å². The van der Waals surface area contributed by atoms with Crippen LogP contribution >= 0.6 is 11.6 Å². The molecule has 0 N–H and O–H groups in total. The largest absolute Gasteiger partial charge is 0.270 e. The van der Waals surface area contributed by atoms with Crippen LogP contribution in [-0.4, -0.2) is 30.2 Å². The second-order valence-corrected chi connectivity index (χ2v) is 6.89. The van der Waals surface area contributed by atoms with Crippen LogP contribution in [0.1, 0.15) is 19.3 Å². The Kier molecular flexibility index (Phi) is 4.46. The normalized spacial score (nSPS) is 14.9. The molecule has 1 saturated carbocycles. The first kappa shape index (κ1) is 15.7. The molecule has 0 amide bonds. The number of hydrogen-bond donors (Lipinski definition) is 0. The van der Waals surface area contributed by atoms with Gasteiger partial charge in [0.2, 0.25) is 10.0 Å². The molecule has 2 rings (SSSR count). The molecule has 0 atom stereocenters. The van der Waals surface area contributed by atoms with Gasteiger partial charge in [-0.25, -0.2) is 8.42 Å². The zero-order chi connectivity index (χ0) is 15.6. The summed E-state index contributed by atoms with van der Waals surface area (Å²) in [6, 6.07) is 5.05. The molecule has 1 aliphatic carbocycles. The minimum atomic E-state index is -3.95. The average Bonchev–Trinajstić information content (AvgIpc) is 3.23. The quantitative estimate of drug-likeness (QED) is 0.588. The van der Waals surface area contributed by atoms with Crippen LogP contribution in [0.25, 0.3) is 0 Å². The van der Waals surface area contributed by atoms with Crippen molar-refractivity contribution in [2.45, 2.75) is 30.2 Å². The molecule has 112 valence electrons. The Hall–Kier alpha value is -1.69. The van der Waals surface area contributed by atoms with E-state index in [0.29, 0.717) is 0 Å². The molecule has 1 aliphatic rings. The van der Waals surface area contributed by atoms with E-state index in [2.05, 4.69) is 0 Å². The van der Waals surface area contributed by atoms with Gasteiger partial charge in [0, 0.05) is 31.1 Å². The number of hydrogen-bond acceptors (Lipinski definition) is 5. The third kappa shape index (κ3) is 3.32. The Morgan fingerprint density at radius 2 is 2.14 bits per heavy atom. The molecule has 1 fully saturated rings. The van der Waals surface area contributed by atoms with E-state index in [9.17, 15) is 18.5 Å². The highest BCUT2D eigenvalue weighted by molar-refractivity contribution is 7.89. The summed E-state index contributed by atoms with van der Waals surface area (Å²) < 4.78 is 26.5. The lowest BCUT2D eigenvalue weighted by molar-refractivity contribution is -0.385.